The molecule has 2 heteroatoms. The molecule has 1 unspecified atom stereocenters. The minimum Gasteiger partial charge on any atom is -0.324 e. The lowest BCUT2D eigenvalue weighted by Crippen LogP contribution is -2.05. The van der Waals surface area contributed by atoms with Gasteiger partial charge in [0.05, 0.1) is 0 Å². The summed E-state index contributed by atoms with van der Waals surface area (Å²) in [5, 5.41) is 0.775. The van der Waals surface area contributed by atoms with E-state index in [0.717, 1.165) is 21.7 Å². The molecule has 0 bridgehead atoms. The first-order chi connectivity index (χ1) is 8.09. The standard InChI is InChI=1S/C15H16ClN/c1-10-7-8-12(11(2)17)9-14(10)13-5-3-4-6-15(13)16/h3-9,11H,17H2,1-2H3. The average Bonchev–Trinajstić information content (AvgIpc) is 2.30. The molecule has 0 amide bonds. The van der Waals surface area contributed by atoms with Gasteiger partial charge in [-0.1, -0.05) is 41.9 Å². The van der Waals surface area contributed by atoms with Gasteiger partial charge in [-0.2, -0.15) is 0 Å². The smallest absolute Gasteiger partial charge is 0.0484 e. The molecule has 88 valence electrons. The predicted octanol–water partition coefficient (Wildman–Crippen LogP) is 4.34. The van der Waals surface area contributed by atoms with E-state index in [1.54, 1.807) is 0 Å². The number of aryl methyl sites for hydroxylation is 1. The van der Waals surface area contributed by atoms with Gasteiger partial charge in [0.1, 0.15) is 0 Å². The zero-order valence-electron chi connectivity index (χ0n) is 10.1. The van der Waals surface area contributed by atoms with Gasteiger partial charge in [-0.05, 0) is 42.7 Å². The zero-order chi connectivity index (χ0) is 12.4. The minimum absolute atomic E-state index is 0.0387. The molecule has 0 fully saturated rings. The van der Waals surface area contributed by atoms with Crippen LogP contribution >= 0.6 is 11.6 Å². The number of nitrogens with two attached hydrogens (primary N) is 1. The van der Waals surface area contributed by atoms with Crippen molar-refractivity contribution >= 4 is 11.6 Å². The topological polar surface area (TPSA) is 26.0 Å². The fourth-order valence-corrected chi connectivity index (χ4v) is 2.13. The van der Waals surface area contributed by atoms with E-state index in [1.165, 1.54) is 5.56 Å². The Labute approximate surface area is 107 Å². The normalized spacial score (nSPS) is 12.5. The van der Waals surface area contributed by atoms with E-state index >= 15 is 0 Å². The fourth-order valence-electron chi connectivity index (χ4n) is 1.89. The van der Waals surface area contributed by atoms with Crippen LogP contribution < -0.4 is 5.73 Å². The molecule has 2 N–H and O–H groups in total. The molecule has 1 atom stereocenters. The second-order valence-electron chi connectivity index (χ2n) is 4.34. The molecular formula is C15H16ClN. The molecule has 0 aliphatic rings. The van der Waals surface area contributed by atoms with E-state index < -0.39 is 0 Å². The molecule has 0 saturated carbocycles. The summed E-state index contributed by atoms with van der Waals surface area (Å²) < 4.78 is 0. The lowest BCUT2D eigenvalue weighted by atomic mass is 9.96. The highest BCUT2D eigenvalue weighted by Crippen LogP contribution is 2.31. The molecule has 0 aliphatic heterocycles. The number of rotatable bonds is 2. The van der Waals surface area contributed by atoms with Crippen LogP contribution in [0, 0.1) is 6.92 Å². The highest BCUT2D eigenvalue weighted by atomic mass is 35.5. The largest absolute Gasteiger partial charge is 0.324 e. The lowest BCUT2D eigenvalue weighted by Gasteiger charge is -2.12. The molecule has 2 aromatic rings. The fraction of sp³-hybridized carbons (Fsp3) is 0.200. The highest BCUT2D eigenvalue weighted by molar-refractivity contribution is 6.33. The summed E-state index contributed by atoms with van der Waals surface area (Å²) >= 11 is 6.23. The summed E-state index contributed by atoms with van der Waals surface area (Å²) in [7, 11) is 0. The van der Waals surface area contributed by atoms with Gasteiger partial charge in [-0.15, -0.1) is 0 Å². The van der Waals surface area contributed by atoms with Gasteiger partial charge in [-0.25, -0.2) is 0 Å². The highest BCUT2D eigenvalue weighted by Gasteiger charge is 2.08. The van der Waals surface area contributed by atoms with Crippen LogP contribution in [0.15, 0.2) is 42.5 Å². The molecular weight excluding hydrogens is 230 g/mol. The Kier molecular flexibility index (Phi) is 3.51. The molecule has 17 heavy (non-hydrogen) atoms. The van der Waals surface area contributed by atoms with Crippen molar-refractivity contribution in [3.63, 3.8) is 0 Å². The molecule has 0 radical (unpaired) electrons. The second kappa shape index (κ2) is 4.91. The maximum atomic E-state index is 6.23. The van der Waals surface area contributed by atoms with Crippen molar-refractivity contribution in [2.45, 2.75) is 19.9 Å². The Morgan fingerprint density at radius 1 is 1.06 bits per heavy atom. The van der Waals surface area contributed by atoms with Gasteiger partial charge in [-0.3, -0.25) is 0 Å². The number of hydrogen-bond donors (Lipinski definition) is 1. The number of benzene rings is 2. The van der Waals surface area contributed by atoms with E-state index in [-0.39, 0.29) is 6.04 Å². The second-order valence-corrected chi connectivity index (χ2v) is 4.75. The molecule has 0 saturated heterocycles. The summed E-state index contributed by atoms with van der Waals surface area (Å²) in [6.45, 7) is 4.07. The lowest BCUT2D eigenvalue weighted by molar-refractivity contribution is 0.818. The Balaban J connectivity index is 2.59. The van der Waals surface area contributed by atoms with Gasteiger partial charge in [0.2, 0.25) is 0 Å². The minimum atomic E-state index is 0.0387. The van der Waals surface area contributed by atoms with Crippen molar-refractivity contribution in [3.8, 4) is 11.1 Å². The van der Waals surface area contributed by atoms with Crippen LogP contribution in [-0.2, 0) is 0 Å². The van der Waals surface area contributed by atoms with E-state index in [4.69, 9.17) is 17.3 Å². The van der Waals surface area contributed by atoms with E-state index in [2.05, 4.69) is 25.1 Å². The summed E-state index contributed by atoms with van der Waals surface area (Å²) in [5.74, 6) is 0. The van der Waals surface area contributed by atoms with Crippen LogP contribution in [0.5, 0.6) is 0 Å². The van der Waals surface area contributed by atoms with Crippen LogP contribution in [0.1, 0.15) is 24.1 Å². The number of halogens is 1. The summed E-state index contributed by atoms with van der Waals surface area (Å²) in [6, 6.07) is 14.2. The van der Waals surface area contributed by atoms with Crippen molar-refractivity contribution in [2.75, 3.05) is 0 Å². The maximum absolute atomic E-state index is 6.23. The van der Waals surface area contributed by atoms with Crippen LogP contribution in [0.2, 0.25) is 5.02 Å². The van der Waals surface area contributed by atoms with Crippen molar-refractivity contribution in [3.05, 3.63) is 58.6 Å². The van der Waals surface area contributed by atoms with Crippen molar-refractivity contribution in [1.82, 2.24) is 0 Å². The van der Waals surface area contributed by atoms with E-state index in [1.807, 2.05) is 31.2 Å². The van der Waals surface area contributed by atoms with Gasteiger partial charge in [0.15, 0.2) is 0 Å². The summed E-state index contributed by atoms with van der Waals surface area (Å²) in [5.41, 5.74) is 10.5. The van der Waals surface area contributed by atoms with Crippen LogP contribution in [-0.4, -0.2) is 0 Å². The maximum Gasteiger partial charge on any atom is 0.0484 e. The third kappa shape index (κ3) is 2.51. The van der Waals surface area contributed by atoms with E-state index in [9.17, 15) is 0 Å². The summed E-state index contributed by atoms with van der Waals surface area (Å²) in [4.78, 5) is 0. The Hall–Kier alpha value is -1.31. The van der Waals surface area contributed by atoms with Crippen LogP contribution in [0.3, 0.4) is 0 Å². The quantitative estimate of drug-likeness (QED) is 0.837. The first-order valence-corrected chi connectivity index (χ1v) is 6.08. The van der Waals surface area contributed by atoms with Crippen molar-refractivity contribution in [2.24, 2.45) is 5.73 Å². The zero-order valence-corrected chi connectivity index (χ0v) is 10.8. The van der Waals surface area contributed by atoms with Gasteiger partial charge >= 0.3 is 0 Å². The summed E-state index contributed by atoms with van der Waals surface area (Å²) in [6.07, 6.45) is 0. The molecule has 0 heterocycles. The Morgan fingerprint density at radius 3 is 2.41 bits per heavy atom. The first kappa shape index (κ1) is 12.2. The molecule has 0 aromatic heterocycles. The third-order valence-electron chi connectivity index (χ3n) is 2.95. The SMILES string of the molecule is Cc1ccc(C(C)N)cc1-c1ccccc1Cl. The third-order valence-corrected chi connectivity index (χ3v) is 3.28. The molecule has 0 spiro atoms. The molecule has 0 aliphatic carbocycles. The van der Waals surface area contributed by atoms with Gasteiger partial charge in [0, 0.05) is 16.6 Å². The molecule has 1 nitrogen and oxygen atoms in total. The van der Waals surface area contributed by atoms with Crippen molar-refractivity contribution < 1.29 is 0 Å². The van der Waals surface area contributed by atoms with E-state index in [0.29, 0.717) is 0 Å². The molecule has 2 aromatic carbocycles. The monoisotopic (exact) mass is 245 g/mol. The van der Waals surface area contributed by atoms with Crippen LogP contribution in [0.4, 0.5) is 0 Å². The molecule has 2 rings (SSSR count). The predicted molar refractivity (Wildman–Crippen MR) is 74.2 cm³/mol. The first-order valence-electron chi connectivity index (χ1n) is 5.70. The Morgan fingerprint density at radius 2 is 1.76 bits per heavy atom. The van der Waals surface area contributed by atoms with Crippen molar-refractivity contribution in [1.29, 1.82) is 0 Å². The van der Waals surface area contributed by atoms with Gasteiger partial charge in [0.25, 0.3) is 0 Å². The van der Waals surface area contributed by atoms with Crippen LogP contribution in [0.25, 0.3) is 11.1 Å². The van der Waals surface area contributed by atoms with Gasteiger partial charge < -0.3 is 5.73 Å². The number of hydrogen-bond acceptors (Lipinski definition) is 1. The Bertz CT molecular complexity index is 532. The average molecular weight is 246 g/mol.